The van der Waals surface area contributed by atoms with Crippen molar-refractivity contribution in [1.29, 1.82) is 0 Å². The fourth-order valence-corrected chi connectivity index (χ4v) is 2.65. The summed E-state index contributed by atoms with van der Waals surface area (Å²) in [5.74, 6) is 1.04. The van der Waals surface area contributed by atoms with Crippen LogP contribution in [-0.2, 0) is 6.42 Å². The Morgan fingerprint density at radius 1 is 1.15 bits per heavy atom. The number of benzene rings is 2. The molecule has 0 saturated heterocycles. The van der Waals surface area contributed by atoms with Gasteiger partial charge in [-0.2, -0.15) is 0 Å². The molecule has 0 saturated carbocycles. The molecular weight excluding hydrogens is 246 g/mol. The summed E-state index contributed by atoms with van der Waals surface area (Å²) in [5, 5.41) is 3.57. The van der Waals surface area contributed by atoms with Gasteiger partial charge in [0.1, 0.15) is 11.9 Å². The average molecular weight is 267 g/mol. The number of aryl methyl sites for hydroxylation is 1. The van der Waals surface area contributed by atoms with E-state index < -0.39 is 0 Å². The highest BCUT2D eigenvalue weighted by molar-refractivity contribution is 5.37. The maximum absolute atomic E-state index is 5.95. The van der Waals surface area contributed by atoms with E-state index in [0.717, 1.165) is 18.7 Å². The zero-order valence-electron chi connectivity index (χ0n) is 12.1. The Hall–Kier alpha value is -1.80. The van der Waals surface area contributed by atoms with Crippen LogP contribution in [-0.4, -0.2) is 12.6 Å². The van der Waals surface area contributed by atoms with E-state index in [1.807, 2.05) is 6.07 Å². The van der Waals surface area contributed by atoms with E-state index in [2.05, 4.69) is 61.6 Å². The minimum atomic E-state index is 0.250. The van der Waals surface area contributed by atoms with E-state index in [-0.39, 0.29) is 6.10 Å². The van der Waals surface area contributed by atoms with Crippen molar-refractivity contribution in [2.24, 2.45) is 0 Å². The first-order valence-corrected chi connectivity index (χ1v) is 7.27. The van der Waals surface area contributed by atoms with Gasteiger partial charge in [0.25, 0.3) is 0 Å². The summed E-state index contributed by atoms with van der Waals surface area (Å²) in [4.78, 5) is 0. The number of nitrogens with one attached hydrogen (secondary N) is 1. The molecule has 104 valence electrons. The standard InChI is InChI=1S/C18H21NO/c1-13-7-9-15(10-8-13)14(2)19-12-17-11-16-5-3-4-6-18(16)20-17/h3-10,14,17,19H,11-12H2,1-2H3/t14-,17?/m1/s1. The van der Waals surface area contributed by atoms with Crippen LogP contribution in [0.4, 0.5) is 0 Å². The fraction of sp³-hybridized carbons (Fsp3) is 0.333. The highest BCUT2D eigenvalue weighted by Gasteiger charge is 2.22. The van der Waals surface area contributed by atoms with Gasteiger partial charge in [0.15, 0.2) is 0 Å². The minimum absolute atomic E-state index is 0.250. The third-order valence-electron chi connectivity index (χ3n) is 3.94. The smallest absolute Gasteiger partial charge is 0.123 e. The molecule has 1 N–H and O–H groups in total. The largest absolute Gasteiger partial charge is 0.488 e. The number of rotatable bonds is 4. The molecule has 0 aromatic heterocycles. The highest BCUT2D eigenvalue weighted by Crippen LogP contribution is 2.28. The molecule has 2 aromatic rings. The predicted octanol–water partition coefficient (Wildman–Crippen LogP) is 3.65. The summed E-state index contributed by atoms with van der Waals surface area (Å²) in [5.41, 5.74) is 3.95. The molecule has 1 heterocycles. The average Bonchev–Trinajstić information content (AvgIpc) is 2.88. The molecule has 0 radical (unpaired) electrons. The Bertz CT molecular complexity index is 551. The van der Waals surface area contributed by atoms with Gasteiger partial charge in [0.05, 0.1) is 0 Å². The van der Waals surface area contributed by atoms with Crippen molar-refractivity contribution in [3.63, 3.8) is 0 Å². The molecule has 2 atom stereocenters. The zero-order chi connectivity index (χ0) is 13.9. The van der Waals surface area contributed by atoms with Crippen molar-refractivity contribution < 1.29 is 4.74 Å². The predicted molar refractivity (Wildman–Crippen MR) is 82.2 cm³/mol. The van der Waals surface area contributed by atoms with Crippen molar-refractivity contribution in [2.75, 3.05) is 6.54 Å². The molecule has 2 nitrogen and oxygen atoms in total. The summed E-state index contributed by atoms with van der Waals surface area (Å²) in [6.45, 7) is 5.20. The van der Waals surface area contributed by atoms with E-state index in [9.17, 15) is 0 Å². The molecule has 0 aliphatic carbocycles. The molecule has 1 aliphatic rings. The second-order valence-electron chi connectivity index (χ2n) is 5.59. The summed E-state index contributed by atoms with van der Waals surface area (Å²) in [6.07, 6.45) is 1.25. The van der Waals surface area contributed by atoms with Crippen LogP contribution < -0.4 is 10.1 Å². The molecular formula is C18H21NO. The van der Waals surface area contributed by atoms with Crippen molar-refractivity contribution >= 4 is 0 Å². The van der Waals surface area contributed by atoms with Gasteiger partial charge < -0.3 is 10.1 Å². The summed E-state index contributed by atoms with van der Waals surface area (Å²) >= 11 is 0. The van der Waals surface area contributed by atoms with Crippen molar-refractivity contribution in [3.05, 3.63) is 65.2 Å². The lowest BCUT2D eigenvalue weighted by Crippen LogP contribution is -2.31. The van der Waals surface area contributed by atoms with Crippen LogP contribution in [0.15, 0.2) is 48.5 Å². The van der Waals surface area contributed by atoms with Crippen molar-refractivity contribution in [1.82, 2.24) is 5.32 Å². The first-order chi connectivity index (χ1) is 9.72. The van der Waals surface area contributed by atoms with Gasteiger partial charge in [0, 0.05) is 19.0 Å². The molecule has 0 bridgehead atoms. The van der Waals surface area contributed by atoms with Gasteiger partial charge in [-0.3, -0.25) is 0 Å². The number of fused-ring (bicyclic) bond motifs is 1. The van der Waals surface area contributed by atoms with E-state index >= 15 is 0 Å². The third-order valence-corrected chi connectivity index (χ3v) is 3.94. The Balaban J connectivity index is 1.55. The van der Waals surface area contributed by atoms with Gasteiger partial charge >= 0.3 is 0 Å². The first-order valence-electron chi connectivity index (χ1n) is 7.27. The molecule has 0 spiro atoms. The molecule has 2 heteroatoms. The van der Waals surface area contributed by atoms with Crippen LogP contribution in [0.3, 0.4) is 0 Å². The van der Waals surface area contributed by atoms with E-state index in [0.29, 0.717) is 6.04 Å². The SMILES string of the molecule is Cc1ccc([C@@H](C)NCC2Cc3ccccc3O2)cc1. The maximum Gasteiger partial charge on any atom is 0.123 e. The maximum atomic E-state index is 5.95. The molecule has 1 aliphatic heterocycles. The second kappa shape index (κ2) is 5.68. The molecule has 3 rings (SSSR count). The normalized spacial score (nSPS) is 18.4. The Kier molecular flexibility index (Phi) is 3.75. The Morgan fingerprint density at radius 2 is 1.90 bits per heavy atom. The lowest BCUT2D eigenvalue weighted by Gasteiger charge is -2.18. The monoisotopic (exact) mass is 267 g/mol. The van der Waals surface area contributed by atoms with E-state index in [4.69, 9.17) is 4.74 Å². The quantitative estimate of drug-likeness (QED) is 0.913. The van der Waals surface area contributed by atoms with Crippen molar-refractivity contribution in [2.45, 2.75) is 32.4 Å². The number of hydrogen-bond donors (Lipinski definition) is 1. The van der Waals surface area contributed by atoms with Crippen LogP contribution in [0.5, 0.6) is 5.75 Å². The summed E-state index contributed by atoms with van der Waals surface area (Å²) in [7, 11) is 0. The first kappa shape index (κ1) is 13.2. The zero-order valence-corrected chi connectivity index (χ0v) is 12.1. The van der Waals surface area contributed by atoms with Crippen LogP contribution in [0.2, 0.25) is 0 Å². The van der Waals surface area contributed by atoms with Gasteiger partial charge in [-0.1, -0.05) is 48.0 Å². The number of ether oxygens (including phenoxy) is 1. The third kappa shape index (κ3) is 2.86. The lowest BCUT2D eigenvalue weighted by molar-refractivity contribution is 0.222. The van der Waals surface area contributed by atoms with Gasteiger partial charge in [-0.05, 0) is 31.0 Å². The molecule has 0 fully saturated rings. The Morgan fingerprint density at radius 3 is 2.65 bits per heavy atom. The minimum Gasteiger partial charge on any atom is -0.488 e. The lowest BCUT2D eigenvalue weighted by atomic mass is 10.1. The Labute approximate surface area is 120 Å². The molecule has 2 aromatic carbocycles. The molecule has 1 unspecified atom stereocenters. The van der Waals surface area contributed by atoms with Crippen LogP contribution in [0.1, 0.15) is 29.7 Å². The van der Waals surface area contributed by atoms with E-state index in [1.54, 1.807) is 0 Å². The van der Waals surface area contributed by atoms with E-state index in [1.165, 1.54) is 16.7 Å². The highest BCUT2D eigenvalue weighted by atomic mass is 16.5. The number of para-hydroxylation sites is 1. The topological polar surface area (TPSA) is 21.3 Å². The fourth-order valence-electron chi connectivity index (χ4n) is 2.65. The van der Waals surface area contributed by atoms with Crippen LogP contribution >= 0.6 is 0 Å². The van der Waals surface area contributed by atoms with Gasteiger partial charge in [0.2, 0.25) is 0 Å². The second-order valence-corrected chi connectivity index (χ2v) is 5.59. The van der Waals surface area contributed by atoms with Gasteiger partial charge in [-0.15, -0.1) is 0 Å². The molecule has 20 heavy (non-hydrogen) atoms. The van der Waals surface area contributed by atoms with Crippen LogP contribution in [0.25, 0.3) is 0 Å². The summed E-state index contributed by atoms with van der Waals surface area (Å²) < 4.78 is 5.95. The number of hydrogen-bond acceptors (Lipinski definition) is 2. The van der Waals surface area contributed by atoms with Crippen molar-refractivity contribution in [3.8, 4) is 5.75 Å². The van der Waals surface area contributed by atoms with Gasteiger partial charge in [-0.25, -0.2) is 0 Å². The molecule has 0 amide bonds. The van der Waals surface area contributed by atoms with Crippen LogP contribution in [0, 0.1) is 6.92 Å². The summed E-state index contributed by atoms with van der Waals surface area (Å²) in [6, 6.07) is 17.4.